The summed E-state index contributed by atoms with van der Waals surface area (Å²) in [6, 6.07) is 2.28. The summed E-state index contributed by atoms with van der Waals surface area (Å²) in [5, 5.41) is 3.06. The molecule has 5 heteroatoms. The molecule has 2 rings (SSSR count). The van der Waals surface area contributed by atoms with Gasteiger partial charge in [0.1, 0.15) is 5.69 Å². The summed E-state index contributed by atoms with van der Waals surface area (Å²) in [6.07, 6.45) is 5.97. The maximum absolute atomic E-state index is 12.1. The highest BCUT2D eigenvalue weighted by atomic mass is 79.9. The molecule has 1 aromatic rings. The molecule has 2 atom stereocenters. The monoisotopic (exact) mass is 299 g/mol. The Morgan fingerprint density at radius 3 is 2.94 bits per heavy atom. The van der Waals surface area contributed by atoms with Crippen molar-refractivity contribution in [3.63, 3.8) is 0 Å². The number of carbonyl (C=O) groups is 1. The van der Waals surface area contributed by atoms with Crippen molar-refractivity contribution in [2.75, 3.05) is 0 Å². The molecule has 1 aliphatic carbocycles. The third-order valence-electron chi connectivity index (χ3n) is 3.25. The lowest BCUT2D eigenvalue weighted by Gasteiger charge is -2.27. The number of rotatable bonds is 2. The first-order valence-corrected chi connectivity index (χ1v) is 6.74. The van der Waals surface area contributed by atoms with Gasteiger partial charge in [-0.25, -0.2) is 0 Å². The summed E-state index contributed by atoms with van der Waals surface area (Å²) >= 11 is 3.37. The molecular formula is C12H18BrN3O. The first-order valence-electron chi connectivity index (χ1n) is 5.94. The first kappa shape index (κ1) is 12.6. The summed E-state index contributed by atoms with van der Waals surface area (Å²) in [5.41, 5.74) is 6.59. The van der Waals surface area contributed by atoms with Gasteiger partial charge in [-0.2, -0.15) is 0 Å². The maximum atomic E-state index is 12.1. The van der Waals surface area contributed by atoms with Gasteiger partial charge in [-0.15, -0.1) is 0 Å². The minimum Gasteiger partial charge on any atom is -0.348 e. The normalized spacial score (nSPS) is 24.6. The third kappa shape index (κ3) is 3.10. The molecular weight excluding hydrogens is 282 g/mol. The Morgan fingerprint density at radius 2 is 2.35 bits per heavy atom. The lowest BCUT2D eigenvalue weighted by molar-refractivity contribution is 0.0917. The first-order chi connectivity index (χ1) is 8.06. The van der Waals surface area contributed by atoms with Crippen LogP contribution < -0.4 is 11.1 Å². The van der Waals surface area contributed by atoms with Crippen molar-refractivity contribution in [1.29, 1.82) is 0 Å². The van der Waals surface area contributed by atoms with E-state index in [0.29, 0.717) is 5.69 Å². The fraction of sp³-hybridized carbons (Fsp3) is 0.583. The molecule has 94 valence electrons. The Balaban J connectivity index is 1.99. The average Bonchev–Trinajstić information content (AvgIpc) is 2.58. The molecule has 0 saturated heterocycles. The molecule has 0 spiro atoms. The van der Waals surface area contributed by atoms with Crippen LogP contribution in [0.15, 0.2) is 16.7 Å². The zero-order valence-corrected chi connectivity index (χ0v) is 11.5. The molecule has 1 amide bonds. The van der Waals surface area contributed by atoms with E-state index in [1.54, 1.807) is 0 Å². The predicted octanol–water partition coefficient (Wildman–Crippen LogP) is 1.79. The molecule has 0 aliphatic heterocycles. The average molecular weight is 300 g/mol. The van der Waals surface area contributed by atoms with E-state index in [9.17, 15) is 4.79 Å². The van der Waals surface area contributed by atoms with Crippen LogP contribution in [0, 0.1) is 0 Å². The number of aromatic nitrogens is 1. The van der Waals surface area contributed by atoms with E-state index in [1.807, 2.05) is 23.9 Å². The number of nitrogens with zero attached hydrogens (tertiary/aromatic N) is 1. The van der Waals surface area contributed by atoms with Crippen molar-refractivity contribution >= 4 is 21.8 Å². The number of aryl methyl sites for hydroxylation is 1. The molecule has 0 bridgehead atoms. The standard InChI is InChI=1S/C12H18BrN3O/c1-16-7-8(13)5-11(16)12(17)15-10-4-2-3-9(14)6-10/h5,7,9-10H,2-4,6,14H2,1H3,(H,15,17). The molecule has 1 fully saturated rings. The molecule has 1 aromatic heterocycles. The highest BCUT2D eigenvalue weighted by Gasteiger charge is 2.22. The Kier molecular flexibility index (Phi) is 3.89. The van der Waals surface area contributed by atoms with Crippen LogP contribution in [0.25, 0.3) is 0 Å². The van der Waals surface area contributed by atoms with Crippen LogP contribution in [-0.2, 0) is 7.05 Å². The van der Waals surface area contributed by atoms with E-state index in [4.69, 9.17) is 5.73 Å². The summed E-state index contributed by atoms with van der Waals surface area (Å²) in [4.78, 5) is 12.1. The van der Waals surface area contributed by atoms with Crippen LogP contribution in [0.4, 0.5) is 0 Å². The molecule has 1 heterocycles. The van der Waals surface area contributed by atoms with E-state index in [2.05, 4.69) is 21.2 Å². The van der Waals surface area contributed by atoms with Crippen molar-refractivity contribution in [3.8, 4) is 0 Å². The lowest BCUT2D eigenvalue weighted by Crippen LogP contribution is -2.42. The van der Waals surface area contributed by atoms with Gasteiger partial charge in [0, 0.05) is 29.8 Å². The maximum Gasteiger partial charge on any atom is 0.268 e. The second-order valence-electron chi connectivity index (χ2n) is 4.75. The number of hydrogen-bond acceptors (Lipinski definition) is 2. The van der Waals surface area contributed by atoms with E-state index in [-0.39, 0.29) is 18.0 Å². The second-order valence-corrected chi connectivity index (χ2v) is 5.67. The Morgan fingerprint density at radius 1 is 1.59 bits per heavy atom. The van der Waals surface area contributed by atoms with E-state index >= 15 is 0 Å². The van der Waals surface area contributed by atoms with Crippen LogP contribution >= 0.6 is 15.9 Å². The van der Waals surface area contributed by atoms with Crippen molar-refractivity contribution in [1.82, 2.24) is 9.88 Å². The van der Waals surface area contributed by atoms with Gasteiger partial charge < -0.3 is 15.6 Å². The van der Waals surface area contributed by atoms with Crippen LogP contribution in [0.3, 0.4) is 0 Å². The zero-order valence-electron chi connectivity index (χ0n) is 9.95. The van der Waals surface area contributed by atoms with Gasteiger partial charge in [0.25, 0.3) is 5.91 Å². The van der Waals surface area contributed by atoms with Gasteiger partial charge in [-0.3, -0.25) is 4.79 Å². The van der Waals surface area contributed by atoms with Crippen molar-refractivity contribution in [2.24, 2.45) is 12.8 Å². The van der Waals surface area contributed by atoms with E-state index in [0.717, 1.165) is 30.2 Å². The van der Waals surface area contributed by atoms with Crippen molar-refractivity contribution < 1.29 is 4.79 Å². The molecule has 17 heavy (non-hydrogen) atoms. The number of halogens is 1. The fourth-order valence-electron chi connectivity index (χ4n) is 2.37. The van der Waals surface area contributed by atoms with Gasteiger partial charge in [-0.05, 0) is 47.7 Å². The van der Waals surface area contributed by atoms with Crippen LogP contribution in [0.5, 0.6) is 0 Å². The topological polar surface area (TPSA) is 60.0 Å². The number of hydrogen-bond donors (Lipinski definition) is 2. The quantitative estimate of drug-likeness (QED) is 0.875. The van der Waals surface area contributed by atoms with Gasteiger partial charge in [0.15, 0.2) is 0 Å². The summed E-state index contributed by atoms with van der Waals surface area (Å²) < 4.78 is 2.74. The van der Waals surface area contributed by atoms with Crippen molar-refractivity contribution in [2.45, 2.75) is 37.8 Å². The van der Waals surface area contributed by atoms with E-state index < -0.39 is 0 Å². The largest absolute Gasteiger partial charge is 0.348 e. The smallest absolute Gasteiger partial charge is 0.268 e. The minimum absolute atomic E-state index is 0.0164. The van der Waals surface area contributed by atoms with Crippen molar-refractivity contribution in [3.05, 3.63) is 22.4 Å². The lowest BCUT2D eigenvalue weighted by atomic mass is 9.91. The highest BCUT2D eigenvalue weighted by Crippen LogP contribution is 2.18. The summed E-state index contributed by atoms with van der Waals surface area (Å²) in [5.74, 6) is -0.0164. The van der Waals surface area contributed by atoms with Gasteiger partial charge >= 0.3 is 0 Å². The third-order valence-corrected chi connectivity index (χ3v) is 3.69. The second kappa shape index (κ2) is 5.23. The van der Waals surface area contributed by atoms with Crippen LogP contribution in [0.2, 0.25) is 0 Å². The molecule has 3 N–H and O–H groups in total. The molecule has 1 saturated carbocycles. The minimum atomic E-state index is -0.0164. The van der Waals surface area contributed by atoms with E-state index in [1.165, 1.54) is 0 Å². The molecule has 1 aliphatic rings. The number of carbonyl (C=O) groups excluding carboxylic acids is 1. The molecule has 0 aromatic carbocycles. The fourth-order valence-corrected chi connectivity index (χ4v) is 2.89. The highest BCUT2D eigenvalue weighted by molar-refractivity contribution is 9.10. The Bertz CT molecular complexity index is 416. The summed E-state index contributed by atoms with van der Waals surface area (Å²) in [7, 11) is 1.87. The SMILES string of the molecule is Cn1cc(Br)cc1C(=O)NC1CCCC(N)C1. The number of nitrogens with one attached hydrogen (secondary N) is 1. The molecule has 0 radical (unpaired) electrons. The predicted molar refractivity (Wildman–Crippen MR) is 70.8 cm³/mol. The Labute approximate surface area is 110 Å². The van der Waals surface area contributed by atoms with Gasteiger partial charge in [0.05, 0.1) is 0 Å². The van der Waals surface area contributed by atoms with Gasteiger partial charge in [-0.1, -0.05) is 0 Å². The molecule has 4 nitrogen and oxygen atoms in total. The zero-order chi connectivity index (χ0) is 12.4. The Hall–Kier alpha value is -0.810. The van der Waals surface area contributed by atoms with Gasteiger partial charge in [0.2, 0.25) is 0 Å². The molecule has 2 unspecified atom stereocenters. The summed E-state index contributed by atoms with van der Waals surface area (Å²) in [6.45, 7) is 0. The van der Waals surface area contributed by atoms with Crippen LogP contribution in [0.1, 0.15) is 36.2 Å². The van der Waals surface area contributed by atoms with Crippen LogP contribution in [-0.4, -0.2) is 22.6 Å². The number of nitrogens with two attached hydrogens (primary N) is 1. The number of amides is 1.